The molecule has 3 aromatic rings. The summed E-state index contributed by atoms with van der Waals surface area (Å²) in [6.07, 6.45) is 0. The molecule has 0 spiro atoms. The molecule has 1 aromatic carbocycles. The number of aromatic nitrogens is 3. The minimum atomic E-state index is 0.695. The fraction of sp³-hybridized carbons (Fsp3) is 0.143. The number of nitrogens with one attached hydrogen (secondary N) is 1. The van der Waals surface area contributed by atoms with Gasteiger partial charge in [0.25, 0.3) is 0 Å². The van der Waals surface area contributed by atoms with E-state index in [9.17, 15) is 0 Å². The molecule has 0 saturated carbocycles. The number of hydrogen-bond donors (Lipinski definition) is 2. The van der Waals surface area contributed by atoms with Crippen molar-refractivity contribution in [2.24, 2.45) is 0 Å². The maximum absolute atomic E-state index is 5.84. The molecule has 0 saturated heterocycles. The van der Waals surface area contributed by atoms with Crippen LogP contribution in [0, 0.1) is 0 Å². The molecule has 0 bridgehead atoms. The normalized spacial score (nSPS) is 10.9. The molecule has 0 fully saturated rings. The third-order valence-corrected chi connectivity index (χ3v) is 3.73. The number of hydrogen-bond acceptors (Lipinski definition) is 4. The van der Waals surface area contributed by atoms with Gasteiger partial charge in [0.05, 0.1) is 5.52 Å². The van der Waals surface area contributed by atoms with Crippen LogP contribution in [-0.4, -0.2) is 29.0 Å². The molecular formula is C14H14BrN5. The average Bonchev–Trinajstić information content (AvgIpc) is 2.83. The number of imidazole rings is 1. The number of rotatable bonds is 2. The number of benzene rings is 1. The van der Waals surface area contributed by atoms with E-state index in [-0.39, 0.29) is 0 Å². The molecule has 5 nitrogen and oxygen atoms in total. The Kier molecular flexibility index (Phi) is 3.10. The fourth-order valence-corrected chi connectivity index (χ4v) is 2.42. The standard InChI is InChI=1S/C14H14BrN5/c1-20(2)12-6-5-11-14(18-12)19-13(17-11)9-7-8(16)3-4-10(9)15/h3-7H,16H2,1-2H3,(H,17,18,19). The molecule has 0 atom stereocenters. The van der Waals surface area contributed by atoms with E-state index >= 15 is 0 Å². The molecule has 2 aromatic heterocycles. The monoisotopic (exact) mass is 331 g/mol. The van der Waals surface area contributed by atoms with Gasteiger partial charge in [0.15, 0.2) is 5.65 Å². The minimum absolute atomic E-state index is 0.695. The number of nitrogen functional groups attached to an aromatic ring is 1. The van der Waals surface area contributed by atoms with Gasteiger partial charge in [0.1, 0.15) is 11.6 Å². The van der Waals surface area contributed by atoms with E-state index in [1.165, 1.54) is 0 Å². The van der Waals surface area contributed by atoms with E-state index in [4.69, 9.17) is 5.73 Å². The number of nitrogens with two attached hydrogens (primary N) is 1. The summed E-state index contributed by atoms with van der Waals surface area (Å²) in [5.74, 6) is 1.63. The molecular weight excluding hydrogens is 318 g/mol. The van der Waals surface area contributed by atoms with Crippen LogP contribution in [0.4, 0.5) is 11.5 Å². The van der Waals surface area contributed by atoms with Crippen LogP contribution in [0.25, 0.3) is 22.6 Å². The number of anilines is 2. The predicted molar refractivity (Wildman–Crippen MR) is 85.8 cm³/mol. The second kappa shape index (κ2) is 4.79. The van der Waals surface area contributed by atoms with Crippen LogP contribution >= 0.6 is 15.9 Å². The van der Waals surface area contributed by atoms with E-state index < -0.39 is 0 Å². The van der Waals surface area contributed by atoms with Crippen molar-refractivity contribution in [1.82, 2.24) is 15.0 Å². The molecule has 6 heteroatoms. The smallest absolute Gasteiger partial charge is 0.180 e. The summed E-state index contributed by atoms with van der Waals surface area (Å²) < 4.78 is 0.943. The number of H-pyrrole nitrogens is 1. The van der Waals surface area contributed by atoms with Gasteiger partial charge in [-0.15, -0.1) is 0 Å². The van der Waals surface area contributed by atoms with E-state index in [0.29, 0.717) is 11.3 Å². The Morgan fingerprint density at radius 3 is 2.70 bits per heavy atom. The van der Waals surface area contributed by atoms with Gasteiger partial charge in [0, 0.05) is 29.8 Å². The van der Waals surface area contributed by atoms with Gasteiger partial charge in [-0.25, -0.2) is 9.97 Å². The van der Waals surface area contributed by atoms with Crippen LogP contribution in [0.15, 0.2) is 34.8 Å². The van der Waals surface area contributed by atoms with E-state index in [0.717, 1.165) is 27.2 Å². The lowest BCUT2D eigenvalue weighted by atomic mass is 10.2. The number of fused-ring (bicyclic) bond motifs is 1. The number of halogens is 1. The van der Waals surface area contributed by atoms with Crippen molar-refractivity contribution in [2.45, 2.75) is 0 Å². The Morgan fingerprint density at radius 1 is 1.15 bits per heavy atom. The molecule has 3 N–H and O–H groups in total. The fourth-order valence-electron chi connectivity index (χ4n) is 1.98. The van der Waals surface area contributed by atoms with Gasteiger partial charge >= 0.3 is 0 Å². The Hall–Kier alpha value is -2.08. The van der Waals surface area contributed by atoms with E-state index in [1.807, 2.05) is 49.3 Å². The molecule has 0 aliphatic carbocycles. The lowest BCUT2D eigenvalue weighted by Crippen LogP contribution is -2.10. The van der Waals surface area contributed by atoms with Gasteiger partial charge in [-0.05, 0) is 30.3 Å². The highest BCUT2D eigenvalue weighted by molar-refractivity contribution is 9.10. The maximum Gasteiger partial charge on any atom is 0.180 e. The summed E-state index contributed by atoms with van der Waals surface area (Å²) in [6.45, 7) is 0. The summed E-state index contributed by atoms with van der Waals surface area (Å²) in [6, 6.07) is 9.58. The Labute approximate surface area is 125 Å². The van der Waals surface area contributed by atoms with Crippen molar-refractivity contribution in [1.29, 1.82) is 0 Å². The topological polar surface area (TPSA) is 70.8 Å². The highest BCUT2D eigenvalue weighted by Crippen LogP contribution is 2.29. The molecule has 0 aliphatic heterocycles. The molecule has 102 valence electrons. The highest BCUT2D eigenvalue weighted by Gasteiger charge is 2.11. The predicted octanol–water partition coefficient (Wildman–Crippen LogP) is 3.04. The molecule has 0 unspecified atom stereocenters. The second-order valence-corrected chi connectivity index (χ2v) is 5.61. The van der Waals surface area contributed by atoms with Crippen molar-refractivity contribution in [3.8, 4) is 11.4 Å². The van der Waals surface area contributed by atoms with Crippen LogP contribution in [0.1, 0.15) is 0 Å². The first-order valence-electron chi connectivity index (χ1n) is 6.14. The highest BCUT2D eigenvalue weighted by atomic mass is 79.9. The van der Waals surface area contributed by atoms with Crippen LogP contribution in [0.3, 0.4) is 0 Å². The molecule has 0 aliphatic rings. The third kappa shape index (κ3) is 2.22. The average molecular weight is 332 g/mol. The lowest BCUT2D eigenvalue weighted by Gasteiger charge is -2.09. The number of pyridine rings is 1. The van der Waals surface area contributed by atoms with Gasteiger partial charge in [0.2, 0.25) is 0 Å². The maximum atomic E-state index is 5.84. The molecule has 20 heavy (non-hydrogen) atoms. The molecule has 0 radical (unpaired) electrons. The van der Waals surface area contributed by atoms with Crippen LogP contribution in [-0.2, 0) is 0 Å². The van der Waals surface area contributed by atoms with Crippen molar-refractivity contribution in [2.75, 3.05) is 24.7 Å². The second-order valence-electron chi connectivity index (χ2n) is 4.76. The summed E-state index contributed by atoms with van der Waals surface area (Å²) in [5, 5.41) is 0. The van der Waals surface area contributed by atoms with Crippen molar-refractivity contribution in [3.05, 3.63) is 34.8 Å². The summed E-state index contributed by atoms with van der Waals surface area (Å²) in [4.78, 5) is 14.3. The first-order chi connectivity index (χ1) is 9.54. The summed E-state index contributed by atoms with van der Waals surface area (Å²) >= 11 is 3.52. The largest absolute Gasteiger partial charge is 0.399 e. The van der Waals surface area contributed by atoms with Crippen molar-refractivity contribution < 1.29 is 0 Å². The molecule has 0 amide bonds. The number of aromatic amines is 1. The Balaban J connectivity index is 2.15. The number of nitrogens with zero attached hydrogens (tertiary/aromatic N) is 3. The zero-order valence-corrected chi connectivity index (χ0v) is 12.8. The van der Waals surface area contributed by atoms with Crippen LogP contribution < -0.4 is 10.6 Å². The van der Waals surface area contributed by atoms with Gasteiger partial charge in [-0.2, -0.15) is 0 Å². The Morgan fingerprint density at radius 2 is 1.95 bits per heavy atom. The first kappa shape index (κ1) is 12.9. The van der Waals surface area contributed by atoms with Gasteiger partial charge in [-0.1, -0.05) is 15.9 Å². The molecule has 3 rings (SSSR count). The zero-order chi connectivity index (χ0) is 14.3. The van der Waals surface area contributed by atoms with Crippen LogP contribution in [0.5, 0.6) is 0 Å². The van der Waals surface area contributed by atoms with Crippen molar-refractivity contribution in [3.63, 3.8) is 0 Å². The SMILES string of the molecule is CN(C)c1ccc2[nH]c(-c3cc(N)ccc3Br)nc2n1. The van der Waals surface area contributed by atoms with Crippen LogP contribution in [0.2, 0.25) is 0 Å². The van der Waals surface area contributed by atoms with E-state index in [1.54, 1.807) is 0 Å². The zero-order valence-electron chi connectivity index (χ0n) is 11.2. The minimum Gasteiger partial charge on any atom is -0.399 e. The first-order valence-corrected chi connectivity index (χ1v) is 6.93. The lowest BCUT2D eigenvalue weighted by molar-refractivity contribution is 1.08. The van der Waals surface area contributed by atoms with E-state index in [2.05, 4.69) is 30.9 Å². The summed E-state index contributed by atoms with van der Waals surface area (Å²) in [7, 11) is 3.91. The van der Waals surface area contributed by atoms with Gasteiger partial charge < -0.3 is 15.6 Å². The van der Waals surface area contributed by atoms with Gasteiger partial charge in [-0.3, -0.25) is 0 Å². The van der Waals surface area contributed by atoms with Crippen molar-refractivity contribution >= 4 is 38.6 Å². The summed E-state index contributed by atoms with van der Waals surface area (Å²) in [5.41, 5.74) is 9.06. The quantitative estimate of drug-likeness (QED) is 0.708. The molecule has 2 heterocycles. The Bertz CT molecular complexity index is 778. The third-order valence-electron chi connectivity index (χ3n) is 3.03.